The lowest BCUT2D eigenvalue weighted by Crippen LogP contribution is -2.51. The Balaban J connectivity index is 1.29. The summed E-state index contributed by atoms with van der Waals surface area (Å²) in [5, 5.41) is 6.82. The van der Waals surface area contributed by atoms with Crippen LogP contribution in [0.2, 0.25) is 0 Å². The highest BCUT2D eigenvalue weighted by Gasteiger charge is 2.44. The molecule has 9 nitrogen and oxygen atoms in total. The van der Waals surface area contributed by atoms with Crippen molar-refractivity contribution in [3.8, 4) is 5.88 Å². The molecule has 2 aromatic carbocycles. The topological polar surface area (TPSA) is 110 Å². The number of rotatable bonds is 9. The van der Waals surface area contributed by atoms with E-state index in [2.05, 4.69) is 39.9 Å². The number of nitrogens with zero attached hydrogens (tertiary/aromatic N) is 2. The van der Waals surface area contributed by atoms with E-state index in [0.29, 0.717) is 56.8 Å². The van der Waals surface area contributed by atoms with Crippen molar-refractivity contribution in [3.63, 3.8) is 0 Å². The van der Waals surface area contributed by atoms with Gasteiger partial charge in [-0.15, -0.1) is 0 Å². The van der Waals surface area contributed by atoms with Gasteiger partial charge in [-0.1, -0.05) is 54.6 Å². The highest BCUT2D eigenvalue weighted by atomic mass is 16.6. The Labute approximate surface area is 265 Å². The van der Waals surface area contributed by atoms with Crippen molar-refractivity contribution in [1.29, 1.82) is 0 Å². The van der Waals surface area contributed by atoms with Crippen LogP contribution in [0.15, 0.2) is 72.9 Å². The van der Waals surface area contributed by atoms with E-state index in [1.165, 1.54) is 7.11 Å². The molecule has 0 unspecified atom stereocenters. The molecule has 2 heterocycles. The summed E-state index contributed by atoms with van der Waals surface area (Å²) in [7, 11) is 1.50. The van der Waals surface area contributed by atoms with Crippen molar-refractivity contribution in [3.05, 3.63) is 95.2 Å². The Bertz CT molecular complexity index is 1500. The number of amides is 2. The van der Waals surface area contributed by atoms with E-state index in [1.54, 1.807) is 18.3 Å². The molecule has 3 aromatic rings. The van der Waals surface area contributed by atoms with Gasteiger partial charge in [0.05, 0.1) is 25.0 Å². The second-order valence-electron chi connectivity index (χ2n) is 12.8. The van der Waals surface area contributed by atoms with Crippen LogP contribution in [0.4, 0.5) is 0 Å². The standard InChI is InChI=1S/C36H44N4O5/c1-35(2,3)45-31(41)17-22-38-36(25-11-6-5-7-12-25)20-16-28(27-13-8-9-15-30(27)36)34(43)40-23-18-26(19-24-40)39-32(42)29-14-10-21-37-33(29)44-4/h5-15,21,26,28,38H,16-20,22-24H2,1-4H3,(H,39,42)/t28-,36+/m0/s1. The van der Waals surface area contributed by atoms with Crippen LogP contribution < -0.4 is 15.4 Å². The van der Waals surface area contributed by atoms with Gasteiger partial charge in [0, 0.05) is 31.9 Å². The third-order valence-corrected chi connectivity index (χ3v) is 8.70. The fourth-order valence-corrected chi connectivity index (χ4v) is 6.63. The molecule has 0 saturated carbocycles. The van der Waals surface area contributed by atoms with Crippen molar-refractivity contribution in [2.45, 2.75) is 76.0 Å². The highest BCUT2D eigenvalue weighted by Crippen LogP contribution is 2.46. The number of esters is 1. The van der Waals surface area contributed by atoms with E-state index in [0.717, 1.165) is 16.7 Å². The summed E-state index contributed by atoms with van der Waals surface area (Å²) in [6.07, 6.45) is 4.56. The maximum Gasteiger partial charge on any atom is 0.307 e. The molecule has 0 bridgehead atoms. The molecule has 1 aliphatic heterocycles. The van der Waals surface area contributed by atoms with Gasteiger partial charge in [0.2, 0.25) is 11.8 Å². The zero-order chi connectivity index (χ0) is 32.0. The molecular formula is C36H44N4O5. The maximum absolute atomic E-state index is 14.1. The first-order valence-electron chi connectivity index (χ1n) is 15.8. The minimum absolute atomic E-state index is 0.0370. The number of likely N-dealkylation sites (tertiary alicyclic amines) is 1. The molecule has 2 N–H and O–H groups in total. The number of hydrogen-bond donors (Lipinski definition) is 2. The van der Waals surface area contributed by atoms with E-state index in [-0.39, 0.29) is 36.2 Å². The monoisotopic (exact) mass is 612 g/mol. The largest absolute Gasteiger partial charge is 0.480 e. The third-order valence-electron chi connectivity index (χ3n) is 8.70. The fourth-order valence-electron chi connectivity index (χ4n) is 6.63. The summed E-state index contributed by atoms with van der Waals surface area (Å²) in [4.78, 5) is 45.6. The molecule has 2 atom stereocenters. The summed E-state index contributed by atoms with van der Waals surface area (Å²) >= 11 is 0. The molecule has 9 heteroatoms. The quantitative estimate of drug-likeness (QED) is 0.329. The molecule has 0 radical (unpaired) electrons. The average molecular weight is 613 g/mol. The van der Waals surface area contributed by atoms with Crippen LogP contribution in [0.1, 0.15) is 85.8 Å². The lowest BCUT2D eigenvalue weighted by atomic mass is 9.68. The van der Waals surface area contributed by atoms with E-state index in [9.17, 15) is 14.4 Å². The Morgan fingerprint density at radius 1 is 0.956 bits per heavy atom. The lowest BCUT2D eigenvalue weighted by molar-refractivity contribution is -0.154. The van der Waals surface area contributed by atoms with Crippen molar-refractivity contribution >= 4 is 17.8 Å². The van der Waals surface area contributed by atoms with E-state index >= 15 is 0 Å². The first-order chi connectivity index (χ1) is 21.6. The van der Waals surface area contributed by atoms with Crippen LogP contribution in [-0.4, -0.2) is 66.1 Å². The van der Waals surface area contributed by atoms with Gasteiger partial charge in [0.15, 0.2) is 0 Å². The zero-order valence-electron chi connectivity index (χ0n) is 26.7. The number of benzene rings is 2. The van der Waals surface area contributed by atoms with Gasteiger partial charge in [-0.05, 0) is 75.3 Å². The Hall–Kier alpha value is -4.24. The molecule has 0 spiro atoms. The van der Waals surface area contributed by atoms with Gasteiger partial charge in [-0.2, -0.15) is 0 Å². The van der Waals surface area contributed by atoms with E-state index < -0.39 is 11.1 Å². The van der Waals surface area contributed by atoms with Crippen LogP contribution in [-0.2, 0) is 19.9 Å². The van der Waals surface area contributed by atoms with Crippen LogP contribution in [0.5, 0.6) is 5.88 Å². The van der Waals surface area contributed by atoms with Crippen molar-refractivity contribution in [1.82, 2.24) is 20.5 Å². The minimum atomic E-state index is -0.540. The van der Waals surface area contributed by atoms with Gasteiger partial charge >= 0.3 is 5.97 Å². The van der Waals surface area contributed by atoms with Crippen molar-refractivity contribution in [2.75, 3.05) is 26.7 Å². The summed E-state index contributed by atoms with van der Waals surface area (Å²) in [5.74, 6) is -0.311. The molecule has 45 heavy (non-hydrogen) atoms. The lowest BCUT2D eigenvalue weighted by Gasteiger charge is -2.44. The predicted molar refractivity (Wildman–Crippen MR) is 172 cm³/mol. The summed E-state index contributed by atoms with van der Waals surface area (Å²) in [5.41, 5.74) is 2.51. The van der Waals surface area contributed by atoms with Gasteiger partial charge in [0.25, 0.3) is 5.91 Å². The molecule has 1 aliphatic carbocycles. The first-order valence-corrected chi connectivity index (χ1v) is 15.8. The molecule has 238 valence electrons. The van der Waals surface area contributed by atoms with Gasteiger partial charge in [-0.25, -0.2) is 4.98 Å². The molecule has 5 rings (SSSR count). The number of carbonyl (C=O) groups excluding carboxylic acids is 3. The highest BCUT2D eigenvalue weighted by molar-refractivity contribution is 5.96. The predicted octanol–water partition coefficient (Wildman–Crippen LogP) is 4.95. The zero-order valence-corrected chi connectivity index (χ0v) is 26.7. The third kappa shape index (κ3) is 7.36. The van der Waals surface area contributed by atoms with Gasteiger partial charge < -0.3 is 25.0 Å². The number of carbonyl (C=O) groups is 3. The Morgan fingerprint density at radius 2 is 1.67 bits per heavy atom. The number of ether oxygens (including phenoxy) is 2. The Morgan fingerprint density at radius 3 is 2.38 bits per heavy atom. The minimum Gasteiger partial charge on any atom is -0.480 e. The summed E-state index contributed by atoms with van der Waals surface area (Å²) in [6, 6.07) is 21.8. The van der Waals surface area contributed by atoms with Crippen LogP contribution in [0.25, 0.3) is 0 Å². The number of aromatic nitrogens is 1. The smallest absolute Gasteiger partial charge is 0.307 e. The number of piperidine rings is 1. The summed E-state index contributed by atoms with van der Waals surface area (Å²) < 4.78 is 10.8. The Kier molecular flexibility index (Phi) is 9.87. The molecule has 2 amide bonds. The van der Waals surface area contributed by atoms with Crippen LogP contribution in [0.3, 0.4) is 0 Å². The number of pyridine rings is 1. The molecule has 1 saturated heterocycles. The fraction of sp³-hybridized carbons (Fsp3) is 0.444. The van der Waals surface area contributed by atoms with E-state index in [4.69, 9.17) is 9.47 Å². The second-order valence-corrected chi connectivity index (χ2v) is 12.8. The maximum atomic E-state index is 14.1. The number of fused-ring (bicyclic) bond motifs is 1. The number of methoxy groups -OCH3 is 1. The van der Waals surface area contributed by atoms with Gasteiger partial charge in [-0.3, -0.25) is 14.4 Å². The van der Waals surface area contributed by atoms with E-state index in [1.807, 2.05) is 56.0 Å². The number of hydrogen-bond acceptors (Lipinski definition) is 7. The molecule has 1 aromatic heterocycles. The average Bonchev–Trinajstić information content (AvgIpc) is 3.04. The van der Waals surface area contributed by atoms with Gasteiger partial charge in [0.1, 0.15) is 11.2 Å². The summed E-state index contributed by atoms with van der Waals surface area (Å²) in [6.45, 7) is 7.21. The first kappa shape index (κ1) is 32.2. The number of nitrogens with one attached hydrogen (secondary N) is 2. The molecule has 2 aliphatic rings. The van der Waals surface area contributed by atoms with Crippen molar-refractivity contribution < 1.29 is 23.9 Å². The molecule has 1 fully saturated rings. The molecular weight excluding hydrogens is 568 g/mol. The van der Waals surface area contributed by atoms with Crippen LogP contribution >= 0.6 is 0 Å². The van der Waals surface area contributed by atoms with Crippen molar-refractivity contribution in [2.24, 2.45) is 0 Å². The van der Waals surface area contributed by atoms with Crippen LogP contribution in [0, 0.1) is 0 Å². The second kappa shape index (κ2) is 13.8. The normalized spacial score (nSPS) is 20.2. The SMILES string of the molecule is COc1ncccc1C(=O)NC1CCN(C(=O)[C@H]2CC[C@@](NCCC(=O)OC(C)(C)C)(c3ccccc3)c3ccccc32)CC1.